The molecule has 2 nitrogen and oxygen atoms in total. The van der Waals surface area contributed by atoms with Crippen LogP contribution in [0.15, 0.2) is 0 Å². The maximum atomic E-state index is 8.77. The Balaban J connectivity index is 2.16. The Bertz CT molecular complexity index is 185. The molecule has 2 bridgehead atoms. The second-order valence-electron chi connectivity index (χ2n) is 3.73. The standard InChI is InChI=1S/C8H12N2/c9-5-8(10)2-1-6-3-7(8)4-6/h6-7H,1-4,10H2/t6?,7?,8-/m0/s1. The number of hydrogen-bond acceptors (Lipinski definition) is 2. The zero-order chi connectivity index (χ0) is 7.19. The first-order valence-electron chi connectivity index (χ1n) is 3.95. The molecule has 3 fully saturated rings. The van der Waals surface area contributed by atoms with Crippen LogP contribution < -0.4 is 5.73 Å². The van der Waals surface area contributed by atoms with Crippen molar-refractivity contribution in [2.45, 2.75) is 31.2 Å². The number of nitrogens with zero attached hydrogens (tertiary/aromatic N) is 1. The summed E-state index contributed by atoms with van der Waals surface area (Å²) in [4.78, 5) is 0. The molecule has 3 rings (SSSR count). The van der Waals surface area contributed by atoms with Gasteiger partial charge < -0.3 is 5.73 Å². The van der Waals surface area contributed by atoms with E-state index in [1.54, 1.807) is 0 Å². The molecule has 54 valence electrons. The van der Waals surface area contributed by atoms with E-state index in [0.717, 1.165) is 12.3 Å². The van der Waals surface area contributed by atoms with Gasteiger partial charge in [-0.25, -0.2) is 0 Å². The van der Waals surface area contributed by atoms with Crippen molar-refractivity contribution in [3.05, 3.63) is 0 Å². The van der Waals surface area contributed by atoms with E-state index in [0.29, 0.717) is 5.92 Å². The fourth-order valence-corrected chi connectivity index (χ4v) is 2.19. The van der Waals surface area contributed by atoms with Gasteiger partial charge in [-0.2, -0.15) is 5.26 Å². The summed E-state index contributed by atoms with van der Waals surface area (Å²) in [5, 5.41) is 8.77. The molecule has 0 radical (unpaired) electrons. The predicted molar refractivity (Wildman–Crippen MR) is 38.0 cm³/mol. The van der Waals surface area contributed by atoms with Gasteiger partial charge in [-0.15, -0.1) is 0 Å². The lowest BCUT2D eigenvalue weighted by Gasteiger charge is -2.49. The molecule has 0 aromatic rings. The molecule has 0 aliphatic heterocycles. The lowest BCUT2D eigenvalue weighted by Crippen LogP contribution is -2.55. The molecule has 0 aromatic heterocycles. The first-order valence-corrected chi connectivity index (χ1v) is 3.95. The second-order valence-corrected chi connectivity index (χ2v) is 3.73. The quantitative estimate of drug-likeness (QED) is 0.540. The summed E-state index contributed by atoms with van der Waals surface area (Å²) in [6.45, 7) is 0. The predicted octanol–water partition coefficient (Wildman–Crippen LogP) is 1.03. The van der Waals surface area contributed by atoms with Gasteiger partial charge in [0.1, 0.15) is 5.54 Å². The van der Waals surface area contributed by atoms with Gasteiger partial charge >= 0.3 is 0 Å². The number of nitriles is 1. The summed E-state index contributed by atoms with van der Waals surface area (Å²) in [5.41, 5.74) is 5.43. The van der Waals surface area contributed by atoms with Gasteiger partial charge in [-0.05, 0) is 37.5 Å². The van der Waals surface area contributed by atoms with E-state index in [4.69, 9.17) is 11.0 Å². The molecule has 10 heavy (non-hydrogen) atoms. The SMILES string of the molecule is N#C[C@@]1(N)CCC2CC1C2. The van der Waals surface area contributed by atoms with Crippen LogP contribution in [0.2, 0.25) is 0 Å². The molecule has 3 saturated carbocycles. The summed E-state index contributed by atoms with van der Waals surface area (Å²) in [7, 11) is 0. The largest absolute Gasteiger partial charge is 0.313 e. The van der Waals surface area contributed by atoms with Crippen LogP contribution in [0, 0.1) is 23.2 Å². The van der Waals surface area contributed by atoms with E-state index in [-0.39, 0.29) is 0 Å². The molecule has 0 amide bonds. The van der Waals surface area contributed by atoms with Gasteiger partial charge in [0.25, 0.3) is 0 Å². The highest BCUT2D eigenvalue weighted by Gasteiger charge is 2.48. The Morgan fingerprint density at radius 2 is 2.20 bits per heavy atom. The maximum absolute atomic E-state index is 8.77. The first kappa shape index (κ1) is 6.18. The molecule has 2 heteroatoms. The van der Waals surface area contributed by atoms with Crippen LogP contribution in [-0.2, 0) is 0 Å². The summed E-state index contributed by atoms with van der Waals surface area (Å²) < 4.78 is 0. The summed E-state index contributed by atoms with van der Waals surface area (Å²) in [6.07, 6.45) is 4.54. The van der Waals surface area contributed by atoms with E-state index < -0.39 is 5.54 Å². The third-order valence-corrected chi connectivity index (χ3v) is 3.14. The number of hydrogen-bond donors (Lipinski definition) is 1. The highest BCUT2D eigenvalue weighted by atomic mass is 14.8. The zero-order valence-corrected chi connectivity index (χ0v) is 6.01. The topological polar surface area (TPSA) is 49.8 Å². The van der Waals surface area contributed by atoms with E-state index in [1.165, 1.54) is 19.3 Å². The minimum absolute atomic E-state index is 0.450. The summed E-state index contributed by atoms with van der Waals surface area (Å²) in [5.74, 6) is 1.44. The second kappa shape index (κ2) is 1.73. The van der Waals surface area contributed by atoms with Crippen molar-refractivity contribution in [2.75, 3.05) is 0 Å². The Morgan fingerprint density at radius 3 is 2.50 bits per heavy atom. The van der Waals surface area contributed by atoms with E-state index >= 15 is 0 Å². The van der Waals surface area contributed by atoms with Gasteiger partial charge in [-0.3, -0.25) is 0 Å². The van der Waals surface area contributed by atoms with E-state index in [9.17, 15) is 0 Å². The van der Waals surface area contributed by atoms with Crippen molar-refractivity contribution >= 4 is 0 Å². The average Bonchev–Trinajstić information content (AvgIpc) is 1.86. The third kappa shape index (κ3) is 0.615. The first-order chi connectivity index (χ1) is 4.74. The average molecular weight is 136 g/mol. The van der Waals surface area contributed by atoms with Crippen LogP contribution in [0.5, 0.6) is 0 Å². The Kier molecular flexibility index (Phi) is 1.07. The summed E-state index contributed by atoms with van der Waals surface area (Å²) in [6, 6.07) is 2.25. The van der Waals surface area contributed by atoms with Crippen LogP contribution in [0.4, 0.5) is 0 Å². The highest BCUT2D eigenvalue weighted by molar-refractivity contribution is 5.15. The lowest BCUT2D eigenvalue weighted by molar-refractivity contribution is 0.0568. The fraction of sp³-hybridized carbons (Fsp3) is 0.875. The van der Waals surface area contributed by atoms with E-state index in [1.807, 2.05) is 0 Å². The molecule has 0 spiro atoms. The van der Waals surface area contributed by atoms with Gasteiger partial charge in [0, 0.05) is 0 Å². The molecule has 0 heterocycles. The van der Waals surface area contributed by atoms with Gasteiger partial charge in [0.05, 0.1) is 6.07 Å². The molecule has 0 aromatic carbocycles. The highest BCUT2D eigenvalue weighted by Crippen LogP contribution is 2.49. The molecule has 0 unspecified atom stereocenters. The zero-order valence-electron chi connectivity index (χ0n) is 6.01. The number of nitrogens with two attached hydrogens (primary N) is 1. The Hall–Kier alpha value is -0.550. The van der Waals surface area contributed by atoms with Crippen molar-refractivity contribution in [1.29, 1.82) is 5.26 Å². The van der Waals surface area contributed by atoms with Crippen LogP contribution in [0.3, 0.4) is 0 Å². The summed E-state index contributed by atoms with van der Waals surface area (Å²) >= 11 is 0. The van der Waals surface area contributed by atoms with Gasteiger partial charge in [0.15, 0.2) is 0 Å². The van der Waals surface area contributed by atoms with Gasteiger partial charge in [-0.1, -0.05) is 0 Å². The molecule has 1 atom stereocenters. The Morgan fingerprint density at radius 1 is 1.50 bits per heavy atom. The van der Waals surface area contributed by atoms with Crippen LogP contribution in [0.1, 0.15) is 25.7 Å². The molecular weight excluding hydrogens is 124 g/mol. The van der Waals surface area contributed by atoms with Crippen molar-refractivity contribution in [1.82, 2.24) is 0 Å². The minimum atomic E-state index is -0.450. The van der Waals surface area contributed by atoms with E-state index in [2.05, 4.69) is 6.07 Å². The van der Waals surface area contributed by atoms with Crippen molar-refractivity contribution in [2.24, 2.45) is 17.6 Å². The molecular formula is C8H12N2. The molecule has 3 aliphatic rings. The fourth-order valence-electron chi connectivity index (χ4n) is 2.19. The minimum Gasteiger partial charge on any atom is -0.313 e. The molecule has 0 saturated heterocycles. The number of rotatable bonds is 0. The molecule has 3 aliphatic carbocycles. The maximum Gasteiger partial charge on any atom is 0.107 e. The van der Waals surface area contributed by atoms with Crippen LogP contribution in [-0.4, -0.2) is 5.54 Å². The Labute approximate surface area is 61.0 Å². The third-order valence-electron chi connectivity index (χ3n) is 3.14. The normalized spacial score (nSPS) is 51.2. The van der Waals surface area contributed by atoms with Gasteiger partial charge in [0.2, 0.25) is 0 Å². The smallest absolute Gasteiger partial charge is 0.107 e. The van der Waals surface area contributed by atoms with Crippen LogP contribution >= 0.6 is 0 Å². The monoisotopic (exact) mass is 136 g/mol. The lowest BCUT2D eigenvalue weighted by atomic mass is 9.57. The van der Waals surface area contributed by atoms with Crippen molar-refractivity contribution in [3.63, 3.8) is 0 Å². The van der Waals surface area contributed by atoms with Crippen molar-refractivity contribution in [3.8, 4) is 6.07 Å². The van der Waals surface area contributed by atoms with Crippen LogP contribution in [0.25, 0.3) is 0 Å². The number of fused-ring (bicyclic) bond motifs is 2. The van der Waals surface area contributed by atoms with Crippen molar-refractivity contribution < 1.29 is 0 Å². The molecule has 2 N–H and O–H groups in total.